The molecule has 0 unspecified atom stereocenters. The SMILES string of the molecule is CC(F)(F)c1cc2c(c(-c3noc(CN)n3)c1)OCCO2. The molecule has 1 aromatic heterocycles. The van der Waals surface area contributed by atoms with Crippen LogP contribution in [0.15, 0.2) is 16.7 Å². The van der Waals surface area contributed by atoms with E-state index >= 15 is 0 Å². The molecule has 0 amide bonds. The highest BCUT2D eigenvalue weighted by Gasteiger charge is 2.30. The average molecular weight is 297 g/mol. The molecule has 0 spiro atoms. The fraction of sp³-hybridized carbons (Fsp3) is 0.385. The third kappa shape index (κ3) is 2.54. The molecule has 0 saturated heterocycles. The Bertz CT molecular complexity index is 667. The molecule has 21 heavy (non-hydrogen) atoms. The molecule has 8 heteroatoms. The zero-order valence-electron chi connectivity index (χ0n) is 11.2. The second kappa shape index (κ2) is 4.96. The van der Waals surface area contributed by atoms with Crippen molar-refractivity contribution in [2.75, 3.05) is 13.2 Å². The lowest BCUT2D eigenvalue weighted by molar-refractivity contribution is 0.0170. The van der Waals surface area contributed by atoms with Crippen LogP contribution in [0.2, 0.25) is 0 Å². The van der Waals surface area contributed by atoms with Crippen LogP contribution >= 0.6 is 0 Å². The number of ether oxygens (including phenoxy) is 2. The number of benzene rings is 1. The van der Waals surface area contributed by atoms with Crippen molar-refractivity contribution < 1.29 is 22.8 Å². The Labute approximate surface area is 118 Å². The molecule has 1 aromatic carbocycles. The number of halogens is 2. The lowest BCUT2D eigenvalue weighted by Gasteiger charge is -2.22. The molecule has 2 heterocycles. The Hall–Kier alpha value is -2.22. The van der Waals surface area contributed by atoms with Gasteiger partial charge in [0.1, 0.15) is 13.2 Å². The molecule has 0 radical (unpaired) electrons. The van der Waals surface area contributed by atoms with Gasteiger partial charge in [0.25, 0.3) is 5.92 Å². The van der Waals surface area contributed by atoms with E-state index in [9.17, 15) is 8.78 Å². The van der Waals surface area contributed by atoms with Crippen molar-refractivity contribution in [3.8, 4) is 22.9 Å². The topological polar surface area (TPSA) is 83.4 Å². The summed E-state index contributed by atoms with van der Waals surface area (Å²) in [4.78, 5) is 4.05. The van der Waals surface area contributed by atoms with E-state index in [0.29, 0.717) is 24.5 Å². The predicted octanol–water partition coefficient (Wildman–Crippen LogP) is 2.08. The lowest BCUT2D eigenvalue weighted by Crippen LogP contribution is -2.18. The average Bonchev–Trinajstić information content (AvgIpc) is 2.94. The summed E-state index contributed by atoms with van der Waals surface area (Å²) in [5.74, 6) is -2.09. The van der Waals surface area contributed by atoms with Gasteiger partial charge in [0, 0.05) is 12.5 Å². The predicted molar refractivity (Wildman–Crippen MR) is 68.2 cm³/mol. The molecule has 0 saturated carbocycles. The minimum absolute atomic E-state index is 0.0657. The number of nitrogens with two attached hydrogens (primary N) is 1. The van der Waals surface area contributed by atoms with Crippen LogP contribution in [-0.4, -0.2) is 23.4 Å². The molecule has 2 aromatic rings. The van der Waals surface area contributed by atoms with E-state index in [-0.39, 0.29) is 29.6 Å². The van der Waals surface area contributed by atoms with E-state index in [4.69, 9.17) is 19.7 Å². The van der Waals surface area contributed by atoms with E-state index in [1.165, 1.54) is 12.1 Å². The van der Waals surface area contributed by atoms with Gasteiger partial charge in [-0.2, -0.15) is 4.98 Å². The van der Waals surface area contributed by atoms with Crippen molar-refractivity contribution >= 4 is 0 Å². The van der Waals surface area contributed by atoms with Crippen LogP contribution in [0.4, 0.5) is 8.78 Å². The fourth-order valence-corrected chi connectivity index (χ4v) is 2.02. The first kappa shape index (κ1) is 13.7. The number of nitrogens with zero attached hydrogens (tertiary/aromatic N) is 2. The van der Waals surface area contributed by atoms with Crippen LogP contribution in [0.3, 0.4) is 0 Å². The number of alkyl halides is 2. The molecule has 0 bridgehead atoms. The molecular formula is C13H13F2N3O3. The summed E-state index contributed by atoms with van der Waals surface area (Å²) in [6.07, 6.45) is 0. The smallest absolute Gasteiger partial charge is 0.270 e. The third-order valence-corrected chi connectivity index (χ3v) is 3.03. The van der Waals surface area contributed by atoms with Crippen molar-refractivity contribution in [2.45, 2.75) is 19.4 Å². The highest BCUT2D eigenvalue weighted by atomic mass is 19.3. The van der Waals surface area contributed by atoms with Crippen LogP contribution in [0, 0.1) is 0 Å². The Morgan fingerprint density at radius 3 is 2.71 bits per heavy atom. The molecule has 112 valence electrons. The summed E-state index contributed by atoms with van der Waals surface area (Å²) in [7, 11) is 0. The van der Waals surface area contributed by atoms with E-state index < -0.39 is 5.92 Å². The van der Waals surface area contributed by atoms with Crippen LogP contribution in [0.25, 0.3) is 11.4 Å². The van der Waals surface area contributed by atoms with Gasteiger partial charge in [-0.1, -0.05) is 5.16 Å². The van der Waals surface area contributed by atoms with Gasteiger partial charge in [0.2, 0.25) is 11.7 Å². The number of hydrogen-bond acceptors (Lipinski definition) is 6. The summed E-state index contributed by atoms with van der Waals surface area (Å²) in [5, 5.41) is 3.74. The number of fused-ring (bicyclic) bond motifs is 1. The molecule has 3 rings (SSSR count). The monoisotopic (exact) mass is 297 g/mol. The zero-order chi connectivity index (χ0) is 15.0. The molecule has 0 fully saturated rings. The molecule has 6 nitrogen and oxygen atoms in total. The first-order chi connectivity index (χ1) is 9.99. The number of rotatable bonds is 3. The Kier molecular flexibility index (Phi) is 3.25. The Morgan fingerprint density at radius 1 is 1.29 bits per heavy atom. The first-order valence-electron chi connectivity index (χ1n) is 6.34. The van der Waals surface area contributed by atoms with Crippen LogP contribution < -0.4 is 15.2 Å². The van der Waals surface area contributed by atoms with E-state index in [2.05, 4.69) is 10.1 Å². The molecule has 1 aliphatic rings. The second-order valence-electron chi connectivity index (χ2n) is 4.65. The largest absolute Gasteiger partial charge is 0.486 e. The quantitative estimate of drug-likeness (QED) is 0.933. The van der Waals surface area contributed by atoms with Crippen LogP contribution in [0.5, 0.6) is 11.5 Å². The third-order valence-electron chi connectivity index (χ3n) is 3.03. The van der Waals surface area contributed by atoms with Crippen molar-refractivity contribution in [1.29, 1.82) is 0 Å². The molecule has 0 atom stereocenters. The Morgan fingerprint density at radius 2 is 2.05 bits per heavy atom. The maximum Gasteiger partial charge on any atom is 0.270 e. The van der Waals surface area contributed by atoms with Crippen molar-refractivity contribution in [1.82, 2.24) is 10.1 Å². The standard InChI is InChI=1S/C13H13F2N3O3/c1-13(14,15)7-4-8(12-17-10(6-16)21-18-12)11-9(5-7)19-2-3-20-11/h4-5H,2-3,6,16H2,1H3. The molecule has 2 N–H and O–H groups in total. The van der Waals surface area contributed by atoms with E-state index in [0.717, 1.165) is 6.92 Å². The van der Waals surface area contributed by atoms with Gasteiger partial charge < -0.3 is 19.7 Å². The van der Waals surface area contributed by atoms with Gasteiger partial charge in [-0.3, -0.25) is 0 Å². The summed E-state index contributed by atoms with van der Waals surface area (Å²) < 4.78 is 43.0. The van der Waals surface area contributed by atoms with Gasteiger partial charge in [-0.25, -0.2) is 8.78 Å². The molecule has 0 aliphatic carbocycles. The van der Waals surface area contributed by atoms with Gasteiger partial charge in [0.15, 0.2) is 11.5 Å². The highest BCUT2D eigenvalue weighted by molar-refractivity contribution is 5.70. The van der Waals surface area contributed by atoms with Gasteiger partial charge in [-0.15, -0.1) is 0 Å². The van der Waals surface area contributed by atoms with Crippen molar-refractivity contribution in [3.63, 3.8) is 0 Å². The van der Waals surface area contributed by atoms with Crippen molar-refractivity contribution in [2.24, 2.45) is 5.73 Å². The summed E-state index contributed by atoms with van der Waals surface area (Å²) >= 11 is 0. The molecular weight excluding hydrogens is 284 g/mol. The summed E-state index contributed by atoms with van der Waals surface area (Å²) in [6, 6.07) is 2.54. The maximum absolute atomic E-state index is 13.6. The van der Waals surface area contributed by atoms with Crippen LogP contribution in [-0.2, 0) is 12.5 Å². The van der Waals surface area contributed by atoms with Crippen molar-refractivity contribution in [3.05, 3.63) is 23.6 Å². The van der Waals surface area contributed by atoms with E-state index in [1.54, 1.807) is 0 Å². The molecule has 1 aliphatic heterocycles. The minimum atomic E-state index is -3.02. The number of hydrogen-bond donors (Lipinski definition) is 1. The summed E-state index contributed by atoms with van der Waals surface area (Å²) in [5.41, 5.74) is 5.50. The minimum Gasteiger partial charge on any atom is -0.486 e. The lowest BCUT2D eigenvalue weighted by atomic mass is 10.0. The normalized spacial score (nSPS) is 14.3. The second-order valence-corrected chi connectivity index (χ2v) is 4.65. The van der Waals surface area contributed by atoms with Gasteiger partial charge in [-0.05, 0) is 12.1 Å². The van der Waals surface area contributed by atoms with Crippen LogP contribution in [0.1, 0.15) is 18.4 Å². The van der Waals surface area contributed by atoms with Gasteiger partial charge in [0.05, 0.1) is 12.1 Å². The number of aromatic nitrogens is 2. The Balaban J connectivity index is 2.17. The first-order valence-corrected chi connectivity index (χ1v) is 6.34. The zero-order valence-corrected chi connectivity index (χ0v) is 11.2. The van der Waals surface area contributed by atoms with Gasteiger partial charge >= 0.3 is 0 Å². The maximum atomic E-state index is 13.6. The van der Waals surface area contributed by atoms with E-state index in [1.807, 2.05) is 0 Å². The summed E-state index contributed by atoms with van der Waals surface area (Å²) in [6.45, 7) is 1.49. The fourth-order valence-electron chi connectivity index (χ4n) is 2.02. The highest BCUT2D eigenvalue weighted by Crippen LogP contribution is 2.43.